The maximum absolute atomic E-state index is 5.88. The molecular weight excluding hydrogens is 246 g/mol. The van der Waals surface area contributed by atoms with Crippen molar-refractivity contribution in [2.24, 2.45) is 11.7 Å². The Kier molecular flexibility index (Phi) is 5.41. The third-order valence-corrected chi connectivity index (χ3v) is 4.28. The van der Waals surface area contributed by atoms with Crippen LogP contribution < -0.4 is 10.6 Å². The first-order valence-corrected chi connectivity index (χ1v) is 8.06. The Labute approximate surface area is 123 Å². The fraction of sp³-hybridized carbons (Fsp3) is 0.706. The van der Waals surface area contributed by atoms with Crippen molar-refractivity contribution in [2.45, 2.75) is 65.0 Å². The minimum atomic E-state index is 0.0136. The molecule has 1 aromatic rings. The minimum absolute atomic E-state index is 0.0136. The van der Waals surface area contributed by atoms with Crippen molar-refractivity contribution in [3.05, 3.63) is 24.0 Å². The van der Waals surface area contributed by atoms with Gasteiger partial charge in [0, 0.05) is 18.6 Å². The van der Waals surface area contributed by atoms with E-state index in [4.69, 9.17) is 5.73 Å². The molecule has 0 bridgehead atoms. The van der Waals surface area contributed by atoms with Crippen molar-refractivity contribution in [3.8, 4) is 0 Å². The van der Waals surface area contributed by atoms with E-state index >= 15 is 0 Å². The van der Waals surface area contributed by atoms with Gasteiger partial charge in [0.1, 0.15) is 0 Å². The molecule has 1 atom stereocenters. The van der Waals surface area contributed by atoms with Crippen LogP contribution in [0.4, 0.5) is 5.69 Å². The van der Waals surface area contributed by atoms with Crippen LogP contribution in [-0.2, 0) is 0 Å². The molecular formula is C17H29N3. The molecule has 0 aliphatic heterocycles. The Morgan fingerprint density at radius 1 is 1.25 bits per heavy atom. The predicted octanol–water partition coefficient (Wildman–Crippen LogP) is 3.90. The van der Waals surface area contributed by atoms with Crippen molar-refractivity contribution in [1.29, 1.82) is 0 Å². The number of hydrogen-bond acceptors (Lipinski definition) is 3. The molecule has 1 fully saturated rings. The van der Waals surface area contributed by atoms with E-state index in [0.29, 0.717) is 6.04 Å². The minimum Gasteiger partial charge on any atom is -0.367 e. The second-order valence-electron chi connectivity index (χ2n) is 6.54. The van der Waals surface area contributed by atoms with E-state index in [0.717, 1.165) is 18.2 Å². The van der Waals surface area contributed by atoms with E-state index in [2.05, 4.69) is 35.9 Å². The number of pyridine rings is 1. The van der Waals surface area contributed by atoms with Gasteiger partial charge in [-0.25, -0.2) is 0 Å². The summed E-state index contributed by atoms with van der Waals surface area (Å²) in [6, 6.07) is 5.00. The highest BCUT2D eigenvalue weighted by molar-refractivity contribution is 5.46. The molecule has 1 aliphatic rings. The molecule has 0 amide bonds. The first-order chi connectivity index (χ1) is 9.58. The summed E-state index contributed by atoms with van der Waals surface area (Å²) in [5.74, 6) is 0.746. The first-order valence-electron chi connectivity index (χ1n) is 8.06. The summed E-state index contributed by atoms with van der Waals surface area (Å²) in [7, 11) is 0. The van der Waals surface area contributed by atoms with Crippen molar-refractivity contribution in [1.82, 2.24) is 4.98 Å². The number of anilines is 1. The summed E-state index contributed by atoms with van der Waals surface area (Å²) in [6.45, 7) is 7.71. The van der Waals surface area contributed by atoms with Gasteiger partial charge in [0.05, 0.1) is 17.6 Å². The Hall–Kier alpha value is -1.09. The molecule has 0 aromatic carbocycles. The lowest BCUT2D eigenvalue weighted by molar-refractivity contribution is 0.528. The molecule has 0 spiro atoms. The number of aromatic nitrogens is 1. The van der Waals surface area contributed by atoms with Gasteiger partial charge in [-0.1, -0.05) is 26.7 Å². The number of rotatable bonds is 6. The highest BCUT2D eigenvalue weighted by Crippen LogP contribution is 2.29. The molecule has 20 heavy (non-hydrogen) atoms. The van der Waals surface area contributed by atoms with Crippen molar-refractivity contribution in [3.63, 3.8) is 0 Å². The molecule has 0 radical (unpaired) electrons. The van der Waals surface area contributed by atoms with Gasteiger partial charge in [-0.3, -0.25) is 4.98 Å². The first kappa shape index (κ1) is 15.3. The molecule has 112 valence electrons. The van der Waals surface area contributed by atoms with Crippen LogP contribution in [0.15, 0.2) is 18.3 Å². The van der Waals surface area contributed by atoms with Crippen molar-refractivity contribution >= 4 is 5.69 Å². The number of nitrogens with zero attached hydrogens (tertiary/aromatic N) is 2. The Morgan fingerprint density at radius 2 is 1.95 bits per heavy atom. The monoisotopic (exact) mass is 275 g/mol. The maximum Gasteiger partial charge on any atom is 0.0569 e. The van der Waals surface area contributed by atoms with Crippen LogP contribution in [0.5, 0.6) is 0 Å². The molecule has 1 heterocycles. The molecule has 2 N–H and O–H groups in total. The maximum atomic E-state index is 5.88. The molecule has 1 aliphatic carbocycles. The topological polar surface area (TPSA) is 42.1 Å². The normalized spacial score (nSPS) is 17.6. The average Bonchev–Trinajstić information content (AvgIpc) is 2.93. The second-order valence-corrected chi connectivity index (χ2v) is 6.54. The molecule has 3 nitrogen and oxygen atoms in total. The van der Waals surface area contributed by atoms with Gasteiger partial charge in [-0.05, 0) is 44.2 Å². The van der Waals surface area contributed by atoms with E-state index < -0.39 is 0 Å². The van der Waals surface area contributed by atoms with Crippen LogP contribution in [0.25, 0.3) is 0 Å². The second kappa shape index (κ2) is 7.07. The number of hydrogen-bond donors (Lipinski definition) is 1. The van der Waals surface area contributed by atoms with Crippen LogP contribution in [0, 0.1) is 5.92 Å². The summed E-state index contributed by atoms with van der Waals surface area (Å²) >= 11 is 0. The zero-order valence-corrected chi connectivity index (χ0v) is 13.2. The van der Waals surface area contributed by atoms with Crippen molar-refractivity contribution < 1.29 is 0 Å². The van der Waals surface area contributed by atoms with Gasteiger partial charge in [0.15, 0.2) is 0 Å². The quantitative estimate of drug-likeness (QED) is 0.856. The van der Waals surface area contributed by atoms with E-state index in [1.165, 1.54) is 37.8 Å². The zero-order valence-electron chi connectivity index (χ0n) is 13.2. The third-order valence-electron chi connectivity index (χ3n) is 4.28. The molecule has 3 heteroatoms. The van der Waals surface area contributed by atoms with E-state index in [1.54, 1.807) is 0 Å². The van der Waals surface area contributed by atoms with Gasteiger partial charge in [-0.2, -0.15) is 0 Å². The highest BCUT2D eigenvalue weighted by atomic mass is 15.2. The van der Waals surface area contributed by atoms with Gasteiger partial charge in [-0.15, -0.1) is 0 Å². The van der Waals surface area contributed by atoms with Gasteiger partial charge < -0.3 is 10.6 Å². The fourth-order valence-corrected chi connectivity index (χ4v) is 2.97. The Bertz CT molecular complexity index is 391. The molecule has 0 saturated heterocycles. The van der Waals surface area contributed by atoms with Gasteiger partial charge >= 0.3 is 0 Å². The van der Waals surface area contributed by atoms with Crippen LogP contribution in [0.2, 0.25) is 0 Å². The standard InChI is InChI=1S/C17H29N3/c1-13(2)10-11-20(15-6-4-5-7-15)16-8-9-17(14(3)18)19-12-16/h8-9,12-15H,4-7,10-11,18H2,1-3H3/t14-/m0/s1. The Morgan fingerprint density at radius 3 is 2.45 bits per heavy atom. The van der Waals surface area contributed by atoms with Crippen LogP contribution in [0.3, 0.4) is 0 Å². The SMILES string of the molecule is CC(C)CCN(c1ccc([C@H](C)N)nc1)C1CCCC1. The lowest BCUT2D eigenvalue weighted by Crippen LogP contribution is -2.34. The largest absolute Gasteiger partial charge is 0.367 e. The van der Waals surface area contributed by atoms with Crippen molar-refractivity contribution in [2.75, 3.05) is 11.4 Å². The zero-order chi connectivity index (χ0) is 14.5. The fourth-order valence-electron chi connectivity index (χ4n) is 2.97. The third kappa shape index (κ3) is 3.95. The average molecular weight is 275 g/mol. The van der Waals surface area contributed by atoms with E-state index in [-0.39, 0.29) is 6.04 Å². The molecule has 1 aromatic heterocycles. The summed E-state index contributed by atoms with van der Waals surface area (Å²) in [6.07, 6.45) is 8.64. The van der Waals surface area contributed by atoms with Gasteiger partial charge in [0.2, 0.25) is 0 Å². The summed E-state index contributed by atoms with van der Waals surface area (Å²) in [4.78, 5) is 7.11. The van der Waals surface area contributed by atoms with Crippen LogP contribution >= 0.6 is 0 Å². The molecule has 0 unspecified atom stereocenters. The van der Waals surface area contributed by atoms with E-state index in [1.807, 2.05) is 13.1 Å². The lowest BCUT2D eigenvalue weighted by Gasteiger charge is -2.31. The van der Waals surface area contributed by atoms with Gasteiger partial charge in [0.25, 0.3) is 0 Å². The summed E-state index contributed by atoms with van der Waals surface area (Å²) in [5.41, 5.74) is 8.13. The van der Waals surface area contributed by atoms with Crippen LogP contribution in [-0.4, -0.2) is 17.6 Å². The molecule has 1 saturated carbocycles. The van der Waals surface area contributed by atoms with E-state index in [9.17, 15) is 0 Å². The Balaban J connectivity index is 2.11. The predicted molar refractivity (Wildman–Crippen MR) is 85.9 cm³/mol. The smallest absolute Gasteiger partial charge is 0.0569 e. The van der Waals surface area contributed by atoms with Crippen LogP contribution in [0.1, 0.15) is 64.6 Å². The lowest BCUT2D eigenvalue weighted by atomic mass is 10.1. The highest BCUT2D eigenvalue weighted by Gasteiger charge is 2.23. The summed E-state index contributed by atoms with van der Waals surface area (Å²) < 4.78 is 0. The summed E-state index contributed by atoms with van der Waals surface area (Å²) in [5, 5.41) is 0. The number of nitrogens with two attached hydrogens (primary N) is 1. The molecule has 2 rings (SSSR count).